The summed E-state index contributed by atoms with van der Waals surface area (Å²) >= 11 is 3.35. The highest BCUT2D eigenvalue weighted by atomic mass is 79.9. The number of benzene rings is 2. The molecule has 0 radical (unpaired) electrons. The van der Waals surface area contributed by atoms with Gasteiger partial charge in [0, 0.05) is 36.2 Å². The molecule has 0 saturated carbocycles. The average molecular weight is 453 g/mol. The fraction of sp³-hybridized carbons (Fsp3) is 0.316. The molecular formula is C19H21BrN2O4S. The van der Waals surface area contributed by atoms with Gasteiger partial charge in [-0.1, -0.05) is 15.9 Å². The third-order valence-electron chi connectivity index (χ3n) is 4.39. The largest absolute Gasteiger partial charge is 0.494 e. The van der Waals surface area contributed by atoms with Crippen molar-refractivity contribution in [2.45, 2.75) is 11.8 Å². The van der Waals surface area contributed by atoms with Crippen LogP contribution in [-0.4, -0.2) is 56.3 Å². The first-order valence-corrected chi connectivity index (χ1v) is 10.9. The molecule has 0 aromatic heterocycles. The number of carbonyl (C=O) groups excluding carboxylic acids is 1. The van der Waals surface area contributed by atoms with Crippen molar-refractivity contribution in [2.75, 3.05) is 32.8 Å². The van der Waals surface area contributed by atoms with Gasteiger partial charge >= 0.3 is 0 Å². The predicted octanol–water partition coefficient (Wildman–Crippen LogP) is 2.99. The predicted molar refractivity (Wildman–Crippen MR) is 106 cm³/mol. The number of carbonyl (C=O) groups is 1. The van der Waals surface area contributed by atoms with Crippen molar-refractivity contribution in [3.05, 3.63) is 58.6 Å². The first kappa shape index (κ1) is 19.9. The van der Waals surface area contributed by atoms with Gasteiger partial charge in [-0.15, -0.1) is 0 Å². The molecule has 144 valence electrons. The van der Waals surface area contributed by atoms with Crippen molar-refractivity contribution >= 4 is 31.9 Å². The van der Waals surface area contributed by atoms with Gasteiger partial charge in [-0.25, -0.2) is 8.42 Å². The Labute approximate surface area is 167 Å². The van der Waals surface area contributed by atoms with Gasteiger partial charge in [0.15, 0.2) is 0 Å². The number of amides is 1. The number of sulfonamides is 1. The van der Waals surface area contributed by atoms with Gasteiger partial charge in [0.25, 0.3) is 5.91 Å². The van der Waals surface area contributed by atoms with Crippen LogP contribution in [0.1, 0.15) is 17.3 Å². The van der Waals surface area contributed by atoms with E-state index in [4.69, 9.17) is 4.74 Å². The summed E-state index contributed by atoms with van der Waals surface area (Å²) in [5, 5.41) is 0. The molecule has 0 N–H and O–H groups in total. The van der Waals surface area contributed by atoms with Crippen molar-refractivity contribution < 1.29 is 17.9 Å². The molecule has 1 fully saturated rings. The van der Waals surface area contributed by atoms with Crippen molar-refractivity contribution in [1.29, 1.82) is 0 Å². The summed E-state index contributed by atoms with van der Waals surface area (Å²) in [6.07, 6.45) is 0. The molecule has 1 saturated heterocycles. The third kappa shape index (κ3) is 4.51. The molecule has 0 unspecified atom stereocenters. The van der Waals surface area contributed by atoms with Crippen molar-refractivity contribution in [1.82, 2.24) is 9.21 Å². The van der Waals surface area contributed by atoms with E-state index >= 15 is 0 Å². The van der Waals surface area contributed by atoms with Crippen molar-refractivity contribution in [2.24, 2.45) is 0 Å². The summed E-state index contributed by atoms with van der Waals surface area (Å²) in [6, 6.07) is 13.6. The maximum absolute atomic E-state index is 12.8. The van der Waals surface area contributed by atoms with Gasteiger partial charge in [0.2, 0.25) is 10.0 Å². The Morgan fingerprint density at radius 1 is 1.00 bits per heavy atom. The minimum atomic E-state index is -3.58. The molecule has 6 nitrogen and oxygen atoms in total. The summed E-state index contributed by atoms with van der Waals surface area (Å²) in [4.78, 5) is 14.5. The molecule has 27 heavy (non-hydrogen) atoms. The van der Waals surface area contributed by atoms with Crippen LogP contribution < -0.4 is 4.74 Å². The average Bonchev–Trinajstić information content (AvgIpc) is 2.69. The van der Waals surface area contributed by atoms with Crippen molar-refractivity contribution in [3.63, 3.8) is 0 Å². The monoisotopic (exact) mass is 452 g/mol. The Morgan fingerprint density at radius 3 is 2.15 bits per heavy atom. The van der Waals surface area contributed by atoms with E-state index in [9.17, 15) is 13.2 Å². The van der Waals surface area contributed by atoms with E-state index in [-0.39, 0.29) is 23.9 Å². The number of piperazine rings is 1. The number of ether oxygens (including phenoxy) is 1. The summed E-state index contributed by atoms with van der Waals surface area (Å²) in [5.41, 5.74) is 0.598. The molecule has 0 aliphatic carbocycles. The zero-order valence-corrected chi connectivity index (χ0v) is 17.4. The highest BCUT2D eigenvalue weighted by Gasteiger charge is 2.30. The lowest BCUT2D eigenvalue weighted by molar-refractivity contribution is 0.0698. The molecule has 1 amide bonds. The first-order chi connectivity index (χ1) is 12.9. The summed E-state index contributed by atoms with van der Waals surface area (Å²) < 4.78 is 33.3. The molecule has 1 aliphatic rings. The number of rotatable bonds is 5. The summed E-state index contributed by atoms with van der Waals surface area (Å²) in [7, 11) is -3.58. The lowest BCUT2D eigenvalue weighted by Crippen LogP contribution is -2.50. The minimum Gasteiger partial charge on any atom is -0.494 e. The normalized spacial score (nSPS) is 15.6. The van der Waals surface area contributed by atoms with E-state index in [2.05, 4.69) is 15.9 Å². The fourth-order valence-corrected chi connectivity index (χ4v) is 4.62. The quantitative estimate of drug-likeness (QED) is 0.698. The highest BCUT2D eigenvalue weighted by Crippen LogP contribution is 2.21. The zero-order valence-electron chi connectivity index (χ0n) is 15.0. The zero-order chi connectivity index (χ0) is 19.4. The smallest absolute Gasteiger partial charge is 0.253 e. The third-order valence-corrected chi connectivity index (χ3v) is 6.83. The second-order valence-corrected chi connectivity index (χ2v) is 8.96. The Kier molecular flexibility index (Phi) is 6.18. The maximum atomic E-state index is 12.8. The summed E-state index contributed by atoms with van der Waals surface area (Å²) in [5.74, 6) is 0.557. The van der Waals surface area contributed by atoms with Gasteiger partial charge < -0.3 is 9.64 Å². The van der Waals surface area contributed by atoms with Crippen LogP contribution in [0.25, 0.3) is 0 Å². The van der Waals surface area contributed by atoms with Crippen LogP contribution in [0.3, 0.4) is 0 Å². The van der Waals surface area contributed by atoms with E-state index in [1.807, 2.05) is 19.1 Å². The minimum absolute atomic E-state index is 0.0828. The number of hydrogen-bond acceptors (Lipinski definition) is 4. The van der Waals surface area contributed by atoms with Crippen LogP contribution in [-0.2, 0) is 10.0 Å². The highest BCUT2D eigenvalue weighted by molar-refractivity contribution is 9.10. The van der Waals surface area contributed by atoms with Gasteiger partial charge in [0.05, 0.1) is 11.5 Å². The maximum Gasteiger partial charge on any atom is 0.253 e. The second-order valence-electron chi connectivity index (χ2n) is 6.11. The Balaban J connectivity index is 1.65. The van der Waals surface area contributed by atoms with Crippen molar-refractivity contribution in [3.8, 4) is 5.75 Å². The molecule has 0 spiro atoms. The molecule has 3 rings (SSSR count). The van der Waals surface area contributed by atoms with E-state index in [1.54, 1.807) is 41.3 Å². The Hall–Kier alpha value is -1.90. The molecule has 0 atom stereocenters. The van der Waals surface area contributed by atoms with E-state index in [0.29, 0.717) is 31.0 Å². The molecule has 0 bridgehead atoms. The Bertz CT molecular complexity index is 890. The number of halogens is 1. The van der Waals surface area contributed by atoms with Gasteiger partial charge in [-0.2, -0.15) is 4.31 Å². The van der Waals surface area contributed by atoms with Gasteiger partial charge in [-0.05, 0) is 55.5 Å². The molecule has 1 aliphatic heterocycles. The lowest BCUT2D eigenvalue weighted by Gasteiger charge is -2.34. The van der Waals surface area contributed by atoms with E-state index < -0.39 is 10.0 Å². The summed E-state index contributed by atoms with van der Waals surface area (Å²) in [6.45, 7) is 3.69. The second kappa shape index (κ2) is 8.41. The molecular weight excluding hydrogens is 432 g/mol. The Morgan fingerprint density at radius 2 is 1.59 bits per heavy atom. The SMILES string of the molecule is CCOc1ccc(S(=O)(=O)N2CCN(C(=O)c3ccc(Br)cc3)CC2)cc1. The van der Waals surface area contributed by atoms with Crippen LogP contribution in [0, 0.1) is 0 Å². The van der Waals surface area contributed by atoms with E-state index in [0.717, 1.165) is 4.47 Å². The van der Waals surface area contributed by atoms with Crippen LogP contribution in [0.15, 0.2) is 57.9 Å². The van der Waals surface area contributed by atoms with Crippen LogP contribution in [0.4, 0.5) is 0 Å². The van der Waals surface area contributed by atoms with E-state index in [1.165, 1.54) is 4.31 Å². The number of nitrogens with zero attached hydrogens (tertiary/aromatic N) is 2. The first-order valence-electron chi connectivity index (χ1n) is 8.69. The topological polar surface area (TPSA) is 66.9 Å². The molecule has 2 aromatic rings. The fourth-order valence-electron chi connectivity index (χ4n) is 2.93. The van der Waals surface area contributed by atoms with Crippen LogP contribution in [0.5, 0.6) is 5.75 Å². The molecule has 1 heterocycles. The number of hydrogen-bond donors (Lipinski definition) is 0. The van der Waals surface area contributed by atoms with Gasteiger partial charge in [-0.3, -0.25) is 4.79 Å². The lowest BCUT2D eigenvalue weighted by atomic mass is 10.2. The van der Waals surface area contributed by atoms with Crippen LogP contribution >= 0.6 is 15.9 Å². The van der Waals surface area contributed by atoms with Gasteiger partial charge in [0.1, 0.15) is 5.75 Å². The molecule has 8 heteroatoms. The van der Waals surface area contributed by atoms with Crippen LogP contribution in [0.2, 0.25) is 0 Å². The molecule has 2 aromatic carbocycles. The standard InChI is InChI=1S/C19H21BrN2O4S/c1-2-26-17-7-9-18(10-8-17)27(24,25)22-13-11-21(12-14-22)19(23)15-3-5-16(20)6-4-15/h3-10H,2,11-14H2,1H3.